The molecule has 1 fully saturated rings. The fraction of sp³-hybridized carbons (Fsp3) is 0.320. The number of fused-ring (bicyclic) bond motifs is 1. The van der Waals surface area contributed by atoms with Crippen molar-refractivity contribution < 1.29 is 9.53 Å². The number of imidazole rings is 2. The van der Waals surface area contributed by atoms with Crippen molar-refractivity contribution in [1.82, 2.24) is 23.6 Å². The van der Waals surface area contributed by atoms with Crippen molar-refractivity contribution in [2.45, 2.75) is 20.4 Å². The van der Waals surface area contributed by atoms with Gasteiger partial charge in [-0.1, -0.05) is 23.8 Å². The Morgan fingerprint density at radius 1 is 1.09 bits per heavy atom. The monoisotopic (exact) mass is 445 g/mol. The van der Waals surface area contributed by atoms with E-state index < -0.39 is 0 Å². The van der Waals surface area contributed by atoms with E-state index in [1.807, 2.05) is 61.0 Å². The van der Waals surface area contributed by atoms with Gasteiger partial charge in [-0.15, -0.1) is 0 Å². The summed E-state index contributed by atoms with van der Waals surface area (Å²) in [5.41, 5.74) is 5.23. The first-order valence-corrected chi connectivity index (χ1v) is 11.2. The summed E-state index contributed by atoms with van der Waals surface area (Å²) in [4.78, 5) is 32.6. The Morgan fingerprint density at radius 3 is 2.61 bits per heavy atom. The van der Waals surface area contributed by atoms with Crippen LogP contribution in [0.4, 0.5) is 0 Å². The minimum Gasteiger partial charge on any atom is -0.378 e. The van der Waals surface area contributed by atoms with E-state index in [2.05, 4.69) is 6.07 Å². The minimum atomic E-state index is -0.127. The zero-order chi connectivity index (χ0) is 23.1. The predicted octanol–water partition coefficient (Wildman–Crippen LogP) is 2.99. The van der Waals surface area contributed by atoms with Crippen LogP contribution >= 0.6 is 0 Å². The SMILES string of the molecule is CCn1c(=O)n(C)c2cc(-n3cc(-c4cccc(C)c4)nc3C(=O)N3CCOCC3)ccc21. The van der Waals surface area contributed by atoms with Gasteiger partial charge in [-0.3, -0.25) is 18.5 Å². The largest absolute Gasteiger partial charge is 0.378 e. The van der Waals surface area contributed by atoms with Gasteiger partial charge in [0, 0.05) is 44.1 Å². The van der Waals surface area contributed by atoms with E-state index in [9.17, 15) is 9.59 Å². The summed E-state index contributed by atoms with van der Waals surface area (Å²) in [6, 6.07) is 13.9. The second-order valence-corrected chi connectivity index (χ2v) is 8.35. The van der Waals surface area contributed by atoms with Crippen molar-refractivity contribution in [2.75, 3.05) is 26.3 Å². The zero-order valence-corrected chi connectivity index (χ0v) is 19.1. The van der Waals surface area contributed by atoms with Crippen LogP contribution in [0.15, 0.2) is 53.5 Å². The Kier molecular flexibility index (Phi) is 5.38. The number of amides is 1. The lowest BCUT2D eigenvalue weighted by Crippen LogP contribution is -2.41. The van der Waals surface area contributed by atoms with E-state index in [1.165, 1.54) is 0 Å². The highest BCUT2D eigenvalue weighted by atomic mass is 16.5. The number of aromatic nitrogens is 4. The first-order valence-electron chi connectivity index (χ1n) is 11.2. The van der Waals surface area contributed by atoms with Gasteiger partial charge in [0.2, 0.25) is 5.82 Å². The van der Waals surface area contributed by atoms with E-state index in [0.29, 0.717) is 38.7 Å². The average Bonchev–Trinajstić information content (AvgIpc) is 3.39. The van der Waals surface area contributed by atoms with E-state index in [0.717, 1.165) is 33.5 Å². The molecule has 1 aliphatic rings. The maximum absolute atomic E-state index is 13.5. The number of carbonyl (C=O) groups excluding carboxylic acids is 1. The summed E-state index contributed by atoms with van der Waals surface area (Å²) in [5, 5.41) is 0. The van der Waals surface area contributed by atoms with Crippen LogP contribution in [0, 0.1) is 6.92 Å². The molecule has 0 unspecified atom stereocenters. The Bertz CT molecular complexity index is 1410. The molecule has 8 nitrogen and oxygen atoms in total. The van der Waals surface area contributed by atoms with Gasteiger partial charge in [-0.05, 0) is 38.1 Å². The Balaban J connectivity index is 1.67. The molecule has 4 aromatic rings. The number of morpholine rings is 1. The van der Waals surface area contributed by atoms with Gasteiger partial charge in [0.05, 0.1) is 29.9 Å². The average molecular weight is 446 g/mol. The van der Waals surface area contributed by atoms with E-state index in [1.54, 1.807) is 21.1 Å². The van der Waals surface area contributed by atoms with Gasteiger partial charge >= 0.3 is 5.69 Å². The molecule has 0 bridgehead atoms. The zero-order valence-electron chi connectivity index (χ0n) is 19.1. The first kappa shape index (κ1) is 21.2. The number of nitrogens with zero attached hydrogens (tertiary/aromatic N) is 5. The molecular weight excluding hydrogens is 418 g/mol. The smallest absolute Gasteiger partial charge is 0.328 e. The molecule has 0 atom stereocenters. The van der Waals surface area contributed by atoms with Crippen LogP contribution < -0.4 is 5.69 Å². The molecule has 0 radical (unpaired) electrons. The van der Waals surface area contributed by atoms with Crippen LogP contribution in [-0.2, 0) is 18.3 Å². The lowest BCUT2D eigenvalue weighted by Gasteiger charge is -2.26. The van der Waals surface area contributed by atoms with Crippen molar-refractivity contribution in [3.05, 3.63) is 70.5 Å². The topological polar surface area (TPSA) is 74.3 Å². The summed E-state index contributed by atoms with van der Waals surface area (Å²) in [7, 11) is 1.77. The quantitative estimate of drug-likeness (QED) is 0.484. The summed E-state index contributed by atoms with van der Waals surface area (Å²) in [6.07, 6.45) is 1.90. The summed E-state index contributed by atoms with van der Waals surface area (Å²) in [5.74, 6) is 0.227. The van der Waals surface area contributed by atoms with Crippen LogP contribution in [0.3, 0.4) is 0 Å². The maximum atomic E-state index is 13.5. The Hall–Kier alpha value is -3.65. The number of carbonyl (C=O) groups is 1. The van der Waals surface area contributed by atoms with Gasteiger partial charge in [0.15, 0.2) is 0 Å². The van der Waals surface area contributed by atoms with Gasteiger partial charge in [0.1, 0.15) is 0 Å². The molecule has 1 amide bonds. The lowest BCUT2D eigenvalue weighted by atomic mass is 10.1. The Labute approximate surface area is 191 Å². The van der Waals surface area contributed by atoms with Gasteiger partial charge in [0.25, 0.3) is 5.91 Å². The minimum absolute atomic E-state index is 0.0552. The first-order chi connectivity index (χ1) is 16.0. The molecule has 2 aromatic carbocycles. The number of aryl methyl sites for hydroxylation is 3. The summed E-state index contributed by atoms with van der Waals surface area (Å²) < 4.78 is 10.6. The van der Waals surface area contributed by atoms with Gasteiger partial charge in [-0.2, -0.15) is 0 Å². The molecule has 0 saturated carbocycles. The molecule has 0 spiro atoms. The van der Waals surface area contributed by atoms with Crippen molar-refractivity contribution in [2.24, 2.45) is 7.05 Å². The van der Waals surface area contributed by atoms with Crippen molar-refractivity contribution in [3.8, 4) is 16.9 Å². The van der Waals surface area contributed by atoms with Crippen LogP contribution in [0.5, 0.6) is 0 Å². The second kappa shape index (κ2) is 8.37. The van der Waals surface area contributed by atoms with Crippen molar-refractivity contribution in [1.29, 1.82) is 0 Å². The van der Waals surface area contributed by atoms with Crippen molar-refractivity contribution in [3.63, 3.8) is 0 Å². The van der Waals surface area contributed by atoms with E-state index in [4.69, 9.17) is 9.72 Å². The molecule has 0 aliphatic carbocycles. The third-order valence-electron chi connectivity index (χ3n) is 6.23. The molecule has 1 aliphatic heterocycles. The molecule has 0 N–H and O–H groups in total. The standard InChI is InChI=1S/C25H27N5O3/c1-4-29-21-9-8-19(15-22(21)27(3)25(29)32)30-16-20(18-7-5-6-17(2)14-18)26-23(30)24(31)28-10-12-33-13-11-28/h5-9,14-16H,4,10-13H2,1-3H3. The van der Waals surface area contributed by atoms with Crippen LogP contribution in [-0.4, -0.2) is 55.8 Å². The molecule has 8 heteroatoms. The molecule has 2 aromatic heterocycles. The second-order valence-electron chi connectivity index (χ2n) is 8.35. The van der Waals surface area contributed by atoms with Crippen LogP contribution in [0.2, 0.25) is 0 Å². The summed E-state index contributed by atoms with van der Waals surface area (Å²) in [6.45, 7) is 6.71. The van der Waals surface area contributed by atoms with Crippen LogP contribution in [0.25, 0.3) is 28.0 Å². The normalized spacial score (nSPS) is 14.2. The molecule has 33 heavy (non-hydrogen) atoms. The number of hydrogen-bond donors (Lipinski definition) is 0. The van der Waals surface area contributed by atoms with E-state index in [-0.39, 0.29) is 11.6 Å². The number of rotatable bonds is 4. The number of benzene rings is 2. The van der Waals surface area contributed by atoms with Crippen LogP contribution in [0.1, 0.15) is 23.1 Å². The van der Waals surface area contributed by atoms with Gasteiger partial charge in [-0.25, -0.2) is 9.78 Å². The highest BCUT2D eigenvalue weighted by Gasteiger charge is 2.25. The van der Waals surface area contributed by atoms with Gasteiger partial charge < -0.3 is 9.64 Å². The Morgan fingerprint density at radius 2 is 1.88 bits per heavy atom. The highest BCUT2D eigenvalue weighted by Crippen LogP contribution is 2.25. The molecule has 3 heterocycles. The third-order valence-corrected chi connectivity index (χ3v) is 6.23. The fourth-order valence-corrected chi connectivity index (χ4v) is 4.43. The van der Waals surface area contributed by atoms with E-state index >= 15 is 0 Å². The number of ether oxygens (including phenoxy) is 1. The lowest BCUT2D eigenvalue weighted by molar-refractivity contribution is 0.0293. The fourth-order valence-electron chi connectivity index (χ4n) is 4.43. The molecular formula is C25H27N5O3. The highest BCUT2D eigenvalue weighted by molar-refractivity contribution is 5.93. The molecule has 5 rings (SSSR count). The molecule has 170 valence electrons. The summed E-state index contributed by atoms with van der Waals surface area (Å²) >= 11 is 0. The molecule has 1 saturated heterocycles. The third kappa shape index (κ3) is 3.66. The maximum Gasteiger partial charge on any atom is 0.328 e. The predicted molar refractivity (Wildman–Crippen MR) is 127 cm³/mol. The van der Waals surface area contributed by atoms with Crippen molar-refractivity contribution >= 4 is 16.9 Å². The number of hydrogen-bond acceptors (Lipinski definition) is 4.